The van der Waals surface area contributed by atoms with Crippen LogP contribution in [0.4, 0.5) is 0 Å². The number of fused-ring (bicyclic) bond motifs is 1. The van der Waals surface area contributed by atoms with Crippen molar-refractivity contribution in [2.24, 2.45) is 0 Å². The van der Waals surface area contributed by atoms with Crippen LogP contribution in [0.2, 0.25) is 0 Å². The largest absolute Gasteiger partial charge is 0.454 e. The van der Waals surface area contributed by atoms with E-state index in [4.69, 9.17) is 9.47 Å². The Labute approximate surface area is 137 Å². The molecule has 1 heterocycles. The Bertz CT molecular complexity index is 541. The molecular weight excluding hydrogens is 292 g/mol. The quantitative estimate of drug-likeness (QED) is 0.876. The molecule has 126 valence electrons. The number of hydrogen-bond donors (Lipinski definition) is 1. The normalized spacial score (nSPS) is 17.3. The number of carbonyl (C=O) groups is 1. The molecule has 1 N–H and O–H groups in total. The first-order chi connectivity index (χ1) is 11.3. The molecule has 1 aliphatic heterocycles. The van der Waals surface area contributed by atoms with Crippen molar-refractivity contribution in [2.75, 3.05) is 20.4 Å². The monoisotopic (exact) mass is 318 g/mol. The van der Waals surface area contributed by atoms with Gasteiger partial charge in [0, 0.05) is 25.6 Å². The second-order valence-corrected chi connectivity index (χ2v) is 6.35. The Kier molecular flexibility index (Phi) is 5.39. The predicted octanol–water partition coefficient (Wildman–Crippen LogP) is 2.69. The number of benzene rings is 1. The summed E-state index contributed by atoms with van der Waals surface area (Å²) in [6.07, 6.45) is 6.53. The third-order valence-electron chi connectivity index (χ3n) is 4.71. The lowest BCUT2D eigenvalue weighted by Crippen LogP contribution is -2.41. The maximum Gasteiger partial charge on any atom is 0.231 e. The van der Waals surface area contributed by atoms with Crippen molar-refractivity contribution in [3.8, 4) is 11.5 Å². The Morgan fingerprint density at radius 3 is 2.78 bits per heavy atom. The van der Waals surface area contributed by atoms with Crippen molar-refractivity contribution in [1.29, 1.82) is 0 Å². The minimum Gasteiger partial charge on any atom is -0.454 e. The fourth-order valence-electron chi connectivity index (χ4n) is 3.43. The third kappa shape index (κ3) is 3.96. The second-order valence-electron chi connectivity index (χ2n) is 6.35. The van der Waals surface area contributed by atoms with Gasteiger partial charge in [0.15, 0.2) is 11.5 Å². The highest BCUT2D eigenvalue weighted by molar-refractivity contribution is 5.76. The summed E-state index contributed by atoms with van der Waals surface area (Å²) in [5.74, 6) is 1.82. The van der Waals surface area contributed by atoms with Gasteiger partial charge in [-0.2, -0.15) is 0 Å². The van der Waals surface area contributed by atoms with Crippen LogP contribution in [0.1, 0.15) is 44.1 Å². The van der Waals surface area contributed by atoms with Gasteiger partial charge < -0.3 is 19.7 Å². The van der Waals surface area contributed by atoms with E-state index >= 15 is 0 Å². The first kappa shape index (κ1) is 16.1. The summed E-state index contributed by atoms with van der Waals surface area (Å²) in [7, 11) is 1.88. The first-order valence-electron chi connectivity index (χ1n) is 8.60. The highest BCUT2D eigenvalue weighted by atomic mass is 16.7. The summed E-state index contributed by atoms with van der Waals surface area (Å²) in [6, 6.07) is 6.35. The number of carbonyl (C=O) groups excluding carboxylic acids is 1. The first-order valence-corrected chi connectivity index (χ1v) is 8.60. The van der Waals surface area contributed by atoms with Crippen LogP contribution in [-0.4, -0.2) is 37.2 Å². The molecule has 1 aromatic rings. The molecule has 0 aromatic heterocycles. The predicted molar refractivity (Wildman–Crippen MR) is 88.5 cm³/mol. The molecule has 0 atom stereocenters. The van der Waals surface area contributed by atoms with Crippen molar-refractivity contribution in [3.63, 3.8) is 0 Å². The van der Waals surface area contributed by atoms with Crippen LogP contribution in [0.15, 0.2) is 18.2 Å². The summed E-state index contributed by atoms with van der Waals surface area (Å²) in [4.78, 5) is 14.7. The molecule has 0 spiro atoms. The average Bonchev–Trinajstić information content (AvgIpc) is 3.06. The SMILES string of the molecule is CNCCC(=O)N(Cc1ccc2c(c1)OCO2)C1CCCCC1. The zero-order valence-corrected chi connectivity index (χ0v) is 13.8. The zero-order valence-electron chi connectivity index (χ0n) is 13.8. The summed E-state index contributed by atoms with van der Waals surface area (Å²) < 4.78 is 10.8. The summed E-state index contributed by atoms with van der Waals surface area (Å²) in [5, 5.41) is 3.07. The minimum atomic E-state index is 0.240. The van der Waals surface area contributed by atoms with Crippen molar-refractivity contribution in [2.45, 2.75) is 51.1 Å². The van der Waals surface area contributed by atoms with Gasteiger partial charge in [-0.25, -0.2) is 0 Å². The molecule has 0 unspecified atom stereocenters. The number of rotatable bonds is 6. The lowest BCUT2D eigenvalue weighted by molar-refractivity contribution is -0.134. The van der Waals surface area contributed by atoms with E-state index in [2.05, 4.69) is 10.2 Å². The molecule has 23 heavy (non-hydrogen) atoms. The van der Waals surface area contributed by atoms with E-state index in [1.165, 1.54) is 19.3 Å². The van der Waals surface area contributed by atoms with Gasteiger partial charge in [-0.3, -0.25) is 4.79 Å². The van der Waals surface area contributed by atoms with Gasteiger partial charge in [-0.1, -0.05) is 25.3 Å². The van der Waals surface area contributed by atoms with Crippen LogP contribution in [0.3, 0.4) is 0 Å². The minimum absolute atomic E-state index is 0.240. The number of nitrogens with zero attached hydrogens (tertiary/aromatic N) is 1. The molecule has 5 heteroatoms. The fraction of sp³-hybridized carbons (Fsp3) is 0.611. The molecule has 0 radical (unpaired) electrons. The van der Waals surface area contributed by atoms with Crippen LogP contribution in [0.25, 0.3) is 0 Å². The van der Waals surface area contributed by atoms with Crippen LogP contribution in [0, 0.1) is 0 Å². The lowest BCUT2D eigenvalue weighted by Gasteiger charge is -2.34. The molecule has 0 saturated heterocycles. The van der Waals surface area contributed by atoms with Gasteiger partial charge in [0.2, 0.25) is 12.7 Å². The maximum atomic E-state index is 12.7. The van der Waals surface area contributed by atoms with E-state index in [1.807, 2.05) is 25.2 Å². The summed E-state index contributed by atoms with van der Waals surface area (Å²) in [6.45, 7) is 1.67. The van der Waals surface area contributed by atoms with Crippen LogP contribution in [0.5, 0.6) is 11.5 Å². The van der Waals surface area contributed by atoms with E-state index in [9.17, 15) is 4.79 Å². The highest BCUT2D eigenvalue weighted by Crippen LogP contribution is 2.33. The molecule has 1 amide bonds. The van der Waals surface area contributed by atoms with Gasteiger partial charge in [0.1, 0.15) is 0 Å². The standard InChI is InChI=1S/C18H26N2O3/c1-19-10-9-18(21)20(15-5-3-2-4-6-15)12-14-7-8-16-17(11-14)23-13-22-16/h7-8,11,15,19H,2-6,9-10,12-13H2,1H3. The number of nitrogens with one attached hydrogen (secondary N) is 1. The molecule has 5 nitrogen and oxygen atoms in total. The topological polar surface area (TPSA) is 50.8 Å². The van der Waals surface area contributed by atoms with E-state index in [1.54, 1.807) is 0 Å². The molecule has 1 aliphatic carbocycles. The van der Waals surface area contributed by atoms with E-state index in [0.717, 1.165) is 36.4 Å². The van der Waals surface area contributed by atoms with Gasteiger partial charge >= 0.3 is 0 Å². The van der Waals surface area contributed by atoms with Gasteiger partial charge in [-0.15, -0.1) is 0 Å². The lowest BCUT2D eigenvalue weighted by atomic mass is 9.93. The van der Waals surface area contributed by atoms with Gasteiger partial charge in [0.05, 0.1) is 0 Å². The number of amides is 1. The Balaban J connectivity index is 1.72. The number of hydrogen-bond acceptors (Lipinski definition) is 4. The fourth-order valence-corrected chi connectivity index (χ4v) is 3.43. The van der Waals surface area contributed by atoms with E-state index in [0.29, 0.717) is 19.0 Å². The molecule has 1 saturated carbocycles. The van der Waals surface area contributed by atoms with Crippen molar-refractivity contribution in [3.05, 3.63) is 23.8 Å². The molecule has 1 aromatic carbocycles. The van der Waals surface area contributed by atoms with Crippen molar-refractivity contribution in [1.82, 2.24) is 10.2 Å². The van der Waals surface area contributed by atoms with Crippen LogP contribution < -0.4 is 14.8 Å². The molecular formula is C18H26N2O3. The number of ether oxygens (including phenoxy) is 2. The van der Waals surface area contributed by atoms with Gasteiger partial charge in [-0.05, 0) is 37.6 Å². The summed E-state index contributed by atoms with van der Waals surface area (Å²) >= 11 is 0. The average molecular weight is 318 g/mol. The van der Waals surface area contributed by atoms with Crippen molar-refractivity contribution >= 4 is 5.91 Å². The molecule has 0 bridgehead atoms. The Hall–Kier alpha value is -1.75. The van der Waals surface area contributed by atoms with E-state index in [-0.39, 0.29) is 12.7 Å². The Morgan fingerprint density at radius 2 is 2.00 bits per heavy atom. The molecule has 1 fully saturated rings. The third-order valence-corrected chi connectivity index (χ3v) is 4.71. The molecule has 3 rings (SSSR count). The zero-order chi connectivity index (χ0) is 16.1. The van der Waals surface area contributed by atoms with Crippen LogP contribution >= 0.6 is 0 Å². The Morgan fingerprint density at radius 1 is 1.22 bits per heavy atom. The van der Waals surface area contributed by atoms with Crippen LogP contribution in [-0.2, 0) is 11.3 Å². The van der Waals surface area contributed by atoms with Gasteiger partial charge in [0.25, 0.3) is 0 Å². The second kappa shape index (κ2) is 7.68. The maximum absolute atomic E-state index is 12.7. The van der Waals surface area contributed by atoms with E-state index < -0.39 is 0 Å². The molecule has 2 aliphatic rings. The highest BCUT2D eigenvalue weighted by Gasteiger charge is 2.25. The van der Waals surface area contributed by atoms with Crippen molar-refractivity contribution < 1.29 is 14.3 Å². The summed E-state index contributed by atoms with van der Waals surface area (Å²) in [5.41, 5.74) is 1.11. The smallest absolute Gasteiger partial charge is 0.231 e.